The third kappa shape index (κ3) is 6.30. The first-order chi connectivity index (χ1) is 35.9. The maximum Gasteiger partial charge on any atom is 0.252 e. The normalized spacial score (nSPS) is 13.3. The molecule has 3 aromatic heterocycles. The highest BCUT2D eigenvalue weighted by Crippen LogP contribution is 2.48. The first kappa shape index (κ1) is 42.9. The molecule has 0 bridgehead atoms. The van der Waals surface area contributed by atoms with Crippen LogP contribution in [0.4, 0.5) is 28.4 Å². The fraction of sp³-hybridized carbons (Fsp3) is 0.118. The molecule has 5 heterocycles. The minimum atomic E-state index is -0.101. The molecule has 6 heteroatoms. The molecule has 10 aromatic carbocycles. The van der Waals surface area contributed by atoms with Gasteiger partial charge in [0, 0.05) is 72.1 Å². The van der Waals surface area contributed by atoms with Crippen LogP contribution in [0.3, 0.4) is 0 Å². The zero-order valence-electron chi connectivity index (χ0n) is 42.5. The molecule has 0 aliphatic carbocycles. The van der Waals surface area contributed by atoms with Crippen LogP contribution in [0.5, 0.6) is 0 Å². The average Bonchev–Trinajstić information content (AvgIpc) is 4.06. The second-order valence-electron chi connectivity index (χ2n) is 22.7. The number of nitrogens with zero attached hydrogens (tertiary/aromatic N) is 3. The average molecular weight is 953 g/mol. The standard InChI is InChI=1S/C68H53BN4O/c1-67(2,3)43-34-44(68(4,5)6)36-47(35-43)73-62-40-61-52(49-24-14-17-27-59(49)72(61)46-21-11-8-12-22-46)38-55(62)69-54-37-51-48-23-13-16-26-58(48)71(45-19-9-7-10-20-45)60(51)39-56(54)70-57-32-42(33-63(73)66(57)69)41-29-30-65-53(31-41)50-25-15-18-28-64(50)74-65/h7-40,70H,1-6H3. The van der Waals surface area contributed by atoms with Gasteiger partial charge in [-0.15, -0.1) is 0 Å². The molecule has 0 fully saturated rings. The van der Waals surface area contributed by atoms with Crippen molar-refractivity contribution < 1.29 is 4.42 Å². The number of benzene rings is 10. The molecule has 0 spiro atoms. The Hall–Kier alpha value is -8.74. The van der Waals surface area contributed by atoms with Crippen molar-refractivity contribution in [3.63, 3.8) is 0 Å². The van der Waals surface area contributed by atoms with Gasteiger partial charge in [-0.3, -0.25) is 0 Å². The van der Waals surface area contributed by atoms with Crippen LogP contribution < -0.4 is 26.6 Å². The predicted octanol–water partition coefficient (Wildman–Crippen LogP) is 16.4. The molecule has 0 atom stereocenters. The van der Waals surface area contributed by atoms with Crippen molar-refractivity contribution >= 4 is 117 Å². The fourth-order valence-corrected chi connectivity index (χ4v) is 12.5. The van der Waals surface area contributed by atoms with Crippen LogP contribution in [0.2, 0.25) is 0 Å². The number of hydrogen-bond acceptors (Lipinski definition) is 3. The van der Waals surface area contributed by atoms with E-state index in [1.165, 1.54) is 82.5 Å². The van der Waals surface area contributed by atoms with Gasteiger partial charge < -0.3 is 23.8 Å². The Balaban J connectivity index is 1.09. The summed E-state index contributed by atoms with van der Waals surface area (Å²) in [7, 11) is 0. The van der Waals surface area contributed by atoms with Gasteiger partial charge in [0.1, 0.15) is 11.2 Å². The van der Waals surface area contributed by atoms with Crippen molar-refractivity contribution in [1.82, 2.24) is 9.13 Å². The summed E-state index contributed by atoms with van der Waals surface area (Å²) in [5.41, 5.74) is 23.1. The summed E-state index contributed by atoms with van der Waals surface area (Å²) in [5, 5.41) is 11.4. The Bertz CT molecular complexity index is 4460. The lowest BCUT2D eigenvalue weighted by atomic mass is 9.33. The van der Waals surface area contributed by atoms with Crippen LogP contribution in [-0.4, -0.2) is 15.8 Å². The maximum atomic E-state index is 6.40. The Labute approximate surface area is 431 Å². The monoisotopic (exact) mass is 952 g/mol. The number of hydrogen-bond donors (Lipinski definition) is 1. The second-order valence-corrected chi connectivity index (χ2v) is 22.7. The summed E-state index contributed by atoms with van der Waals surface area (Å²) < 4.78 is 11.3. The van der Waals surface area contributed by atoms with E-state index < -0.39 is 0 Å². The zero-order chi connectivity index (χ0) is 49.8. The lowest BCUT2D eigenvalue weighted by Crippen LogP contribution is -2.60. The van der Waals surface area contributed by atoms with Crippen LogP contribution in [0.25, 0.3) is 88.1 Å². The van der Waals surface area contributed by atoms with E-state index in [4.69, 9.17) is 4.42 Å². The molecule has 5 nitrogen and oxygen atoms in total. The minimum Gasteiger partial charge on any atom is -0.456 e. The summed E-state index contributed by atoms with van der Waals surface area (Å²) in [5.74, 6) is 0. The molecule has 74 heavy (non-hydrogen) atoms. The molecule has 15 rings (SSSR count). The summed E-state index contributed by atoms with van der Waals surface area (Å²) in [4.78, 5) is 2.61. The molecule has 0 radical (unpaired) electrons. The van der Waals surface area contributed by atoms with E-state index in [0.717, 1.165) is 61.5 Å². The molecule has 354 valence electrons. The molecule has 0 amide bonds. The molecule has 0 saturated carbocycles. The first-order valence-corrected chi connectivity index (χ1v) is 26.0. The zero-order valence-corrected chi connectivity index (χ0v) is 42.5. The number of nitrogens with one attached hydrogen (secondary N) is 1. The first-order valence-electron chi connectivity index (χ1n) is 26.0. The van der Waals surface area contributed by atoms with Gasteiger partial charge in [0.25, 0.3) is 6.71 Å². The van der Waals surface area contributed by atoms with Crippen LogP contribution >= 0.6 is 0 Å². The SMILES string of the molecule is CC(C)(C)c1cc(N2c3cc4c(cc3B3c5cc6c7ccccc7n(-c7ccccc7)c6cc5Nc5cc(-c6ccc7oc8ccccc8c7c6)cc2c53)c2ccccc2n4-c2ccccc2)cc(C(C)(C)C)c1. The van der Waals surface area contributed by atoms with Gasteiger partial charge >= 0.3 is 0 Å². The van der Waals surface area contributed by atoms with E-state index in [9.17, 15) is 0 Å². The molecule has 1 N–H and O–H groups in total. The molecule has 0 saturated heterocycles. The molecule has 2 aliphatic heterocycles. The summed E-state index contributed by atoms with van der Waals surface area (Å²) in [6.45, 7) is 14.0. The van der Waals surface area contributed by atoms with Crippen LogP contribution in [0.15, 0.2) is 211 Å². The van der Waals surface area contributed by atoms with Gasteiger partial charge in [0.05, 0.1) is 22.1 Å². The highest BCUT2D eigenvalue weighted by Gasteiger charge is 2.43. The minimum absolute atomic E-state index is 0.101. The highest BCUT2D eigenvalue weighted by atomic mass is 16.3. The van der Waals surface area contributed by atoms with Crippen LogP contribution in [-0.2, 0) is 10.8 Å². The number of rotatable bonds is 4. The van der Waals surface area contributed by atoms with Crippen LogP contribution in [0.1, 0.15) is 52.7 Å². The van der Waals surface area contributed by atoms with Gasteiger partial charge in [-0.05, 0) is 140 Å². The summed E-state index contributed by atoms with van der Waals surface area (Å²) >= 11 is 0. The maximum absolute atomic E-state index is 6.40. The number of anilines is 5. The lowest BCUT2D eigenvalue weighted by molar-refractivity contribution is 0.569. The quantitative estimate of drug-likeness (QED) is 0.179. The third-order valence-electron chi connectivity index (χ3n) is 16.1. The molecular formula is C68H53BN4O. The molecule has 0 unspecified atom stereocenters. The second kappa shape index (κ2) is 15.4. The molecule has 13 aromatic rings. The van der Waals surface area contributed by atoms with Crippen LogP contribution in [0, 0.1) is 0 Å². The number of aromatic nitrogens is 2. The summed E-state index contributed by atoms with van der Waals surface area (Å²) in [6, 6.07) is 76.9. The molecule has 2 aliphatic rings. The Morgan fingerprint density at radius 1 is 0.378 bits per heavy atom. The third-order valence-corrected chi connectivity index (χ3v) is 16.1. The van der Waals surface area contributed by atoms with E-state index >= 15 is 0 Å². The van der Waals surface area contributed by atoms with Crippen molar-refractivity contribution in [3.8, 4) is 22.5 Å². The Kier molecular flexibility index (Phi) is 8.92. The predicted molar refractivity (Wildman–Crippen MR) is 314 cm³/mol. The van der Waals surface area contributed by atoms with E-state index in [1.54, 1.807) is 0 Å². The topological polar surface area (TPSA) is 38.3 Å². The molecular weight excluding hydrogens is 900 g/mol. The van der Waals surface area contributed by atoms with Gasteiger partial charge in [-0.25, -0.2) is 0 Å². The van der Waals surface area contributed by atoms with E-state index in [2.05, 4.69) is 261 Å². The smallest absolute Gasteiger partial charge is 0.252 e. The van der Waals surface area contributed by atoms with Crippen molar-refractivity contribution in [3.05, 3.63) is 217 Å². The number of para-hydroxylation sites is 5. The van der Waals surface area contributed by atoms with Gasteiger partial charge in [-0.1, -0.05) is 157 Å². The van der Waals surface area contributed by atoms with Gasteiger partial charge in [-0.2, -0.15) is 0 Å². The van der Waals surface area contributed by atoms with E-state index in [1.807, 2.05) is 6.07 Å². The number of fused-ring (bicyclic) bond motifs is 13. The van der Waals surface area contributed by atoms with Crippen molar-refractivity contribution in [1.29, 1.82) is 0 Å². The number of furan rings is 1. The van der Waals surface area contributed by atoms with E-state index in [-0.39, 0.29) is 17.5 Å². The lowest BCUT2D eigenvalue weighted by Gasteiger charge is -2.42. The van der Waals surface area contributed by atoms with Gasteiger partial charge in [0.2, 0.25) is 0 Å². The van der Waals surface area contributed by atoms with E-state index in [0.29, 0.717) is 0 Å². The van der Waals surface area contributed by atoms with Crippen molar-refractivity contribution in [2.45, 2.75) is 52.4 Å². The largest absolute Gasteiger partial charge is 0.456 e. The highest BCUT2D eigenvalue weighted by molar-refractivity contribution is 7.00. The fourth-order valence-electron chi connectivity index (χ4n) is 12.5. The van der Waals surface area contributed by atoms with Gasteiger partial charge in [0.15, 0.2) is 0 Å². The Morgan fingerprint density at radius 3 is 1.57 bits per heavy atom. The summed E-state index contributed by atoms with van der Waals surface area (Å²) in [6.07, 6.45) is 0. The van der Waals surface area contributed by atoms with Crippen molar-refractivity contribution in [2.24, 2.45) is 0 Å². The van der Waals surface area contributed by atoms with Crippen molar-refractivity contribution in [2.75, 3.05) is 10.2 Å². The Morgan fingerprint density at radius 2 is 0.932 bits per heavy atom.